The Bertz CT molecular complexity index is 637. The van der Waals surface area contributed by atoms with E-state index in [1.54, 1.807) is 6.92 Å². The van der Waals surface area contributed by atoms with Crippen LogP contribution >= 0.6 is 23.2 Å². The zero-order valence-electron chi connectivity index (χ0n) is 11.7. The molecular weight excluding hydrogens is 335 g/mol. The number of ether oxygens (including phenoxy) is 2. The number of halogens is 2. The van der Waals surface area contributed by atoms with E-state index >= 15 is 0 Å². The van der Waals surface area contributed by atoms with Gasteiger partial charge in [-0.2, -0.15) is 0 Å². The maximum Gasteiger partial charge on any atom is 0.510 e. The Kier molecular flexibility index (Phi) is 4.77. The molecule has 3 amide bonds. The topological polar surface area (TPSA) is 76.1 Å². The summed E-state index contributed by atoms with van der Waals surface area (Å²) >= 11 is 11.7. The Morgan fingerprint density at radius 2 is 1.95 bits per heavy atom. The normalized spacial score (nSPS) is 17.9. The van der Waals surface area contributed by atoms with Crippen LogP contribution in [0.3, 0.4) is 0 Å². The van der Waals surface area contributed by atoms with Gasteiger partial charge in [-0.25, -0.2) is 14.5 Å². The van der Waals surface area contributed by atoms with Gasteiger partial charge in [0.2, 0.25) is 0 Å². The summed E-state index contributed by atoms with van der Waals surface area (Å²) in [6, 6.07) is 3.70. The lowest BCUT2D eigenvalue weighted by atomic mass is 10.3. The molecule has 0 aliphatic carbocycles. The number of benzene rings is 1. The number of anilines is 1. The van der Waals surface area contributed by atoms with Gasteiger partial charge < -0.3 is 9.47 Å². The average molecular weight is 347 g/mol. The minimum atomic E-state index is -1.45. The summed E-state index contributed by atoms with van der Waals surface area (Å²) in [5, 5.41) is 0.489. The van der Waals surface area contributed by atoms with E-state index in [9.17, 15) is 14.4 Å². The number of likely N-dealkylation sites (N-methyl/N-ethyl adjacent to an activating group) is 1. The fourth-order valence-electron chi connectivity index (χ4n) is 1.86. The van der Waals surface area contributed by atoms with Crippen LogP contribution in [0, 0.1) is 0 Å². The van der Waals surface area contributed by atoms with Gasteiger partial charge in [-0.3, -0.25) is 9.69 Å². The SMILES string of the molecule is CCOC(=O)OC1C(=O)N(C)C(=O)N1c1ccc(Cl)c(Cl)c1. The number of hydrogen-bond donors (Lipinski definition) is 0. The molecule has 0 radical (unpaired) electrons. The first-order valence-electron chi connectivity index (χ1n) is 6.26. The third kappa shape index (κ3) is 2.95. The molecule has 1 atom stereocenters. The first-order chi connectivity index (χ1) is 10.4. The second-order valence-corrected chi connectivity index (χ2v) is 5.12. The highest BCUT2D eigenvalue weighted by Gasteiger charge is 2.47. The van der Waals surface area contributed by atoms with Crippen molar-refractivity contribution >= 4 is 47.0 Å². The third-order valence-electron chi connectivity index (χ3n) is 2.92. The molecular formula is C13H12Cl2N2O5. The minimum absolute atomic E-state index is 0.0797. The summed E-state index contributed by atoms with van der Waals surface area (Å²) in [6.07, 6.45) is -2.50. The lowest BCUT2D eigenvalue weighted by Gasteiger charge is -2.21. The number of amides is 3. The summed E-state index contributed by atoms with van der Waals surface area (Å²) < 4.78 is 9.55. The molecule has 0 aromatic heterocycles. The summed E-state index contributed by atoms with van der Waals surface area (Å²) in [6.45, 7) is 1.67. The largest absolute Gasteiger partial charge is 0.510 e. The number of imide groups is 1. The minimum Gasteiger partial charge on any atom is -0.435 e. The molecule has 1 heterocycles. The van der Waals surface area contributed by atoms with Crippen molar-refractivity contribution in [1.82, 2.24) is 4.90 Å². The van der Waals surface area contributed by atoms with Gasteiger partial charge in [-0.15, -0.1) is 0 Å². The molecule has 1 fully saturated rings. The summed E-state index contributed by atoms with van der Waals surface area (Å²) in [5.41, 5.74) is 0.270. The zero-order valence-corrected chi connectivity index (χ0v) is 13.2. The van der Waals surface area contributed by atoms with Crippen LogP contribution in [0.2, 0.25) is 10.0 Å². The molecule has 1 unspecified atom stereocenters. The first kappa shape index (κ1) is 16.4. The van der Waals surface area contributed by atoms with Crippen LogP contribution in [0.4, 0.5) is 15.3 Å². The molecule has 0 saturated carbocycles. The number of rotatable bonds is 3. The fourth-order valence-corrected chi connectivity index (χ4v) is 2.15. The van der Waals surface area contributed by atoms with E-state index in [0.717, 1.165) is 9.80 Å². The molecule has 1 aromatic rings. The Labute approximate surface area is 136 Å². The van der Waals surface area contributed by atoms with E-state index in [0.29, 0.717) is 5.02 Å². The van der Waals surface area contributed by atoms with Crippen molar-refractivity contribution in [3.05, 3.63) is 28.2 Å². The van der Waals surface area contributed by atoms with E-state index in [-0.39, 0.29) is 17.3 Å². The average Bonchev–Trinajstić information content (AvgIpc) is 2.67. The van der Waals surface area contributed by atoms with Crippen LogP contribution in [0.25, 0.3) is 0 Å². The lowest BCUT2D eigenvalue weighted by molar-refractivity contribution is -0.133. The van der Waals surface area contributed by atoms with Crippen molar-refractivity contribution in [2.24, 2.45) is 0 Å². The third-order valence-corrected chi connectivity index (χ3v) is 3.66. The van der Waals surface area contributed by atoms with Gasteiger partial charge in [0, 0.05) is 7.05 Å². The van der Waals surface area contributed by atoms with Crippen molar-refractivity contribution in [2.45, 2.75) is 13.2 Å². The van der Waals surface area contributed by atoms with Crippen LogP contribution in [-0.4, -0.2) is 42.9 Å². The van der Waals surface area contributed by atoms with E-state index in [2.05, 4.69) is 4.74 Å². The van der Waals surface area contributed by atoms with Gasteiger partial charge in [0.1, 0.15) is 0 Å². The molecule has 1 saturated heterocycles. The highest BCUT2D eigenvalue weighted by atomic mass is 35.5. The van der Waals surface area contributed by atoms with Crippen molar-refractivity contribution in [2.75, 3.05) is 18.6 Å². The Hall–Kier alpha value is -1.99. The van der Waals surface area contributed by atoms with Crippen molar-refractivity contribution in [3.63, 3.8) is 0 Å². The second-order valence-electron chi connectivity index (χ2n) is 4.30. The highest BCUT2D eigenvalue weighted by Crippen LogP contribution is 2.31. The molecule has 1 aromatic carbocycles. The van der Waals surface area contributed by atoms with Crippen LogP contribution in [-0.2, 0) is 14.3 Å². The Balaban J connectivity index is 2.35. The second kappa shape index (κ2) is 6.41. The van der Waals surface area contributed by atoms with Crippen molar-refractivity contribution < 1.29 is 23.9 Å². The lowest BCUT2D eigenvalue weighted by Crippen LogP contribution is -2.39. The molecule has 118 valence electrons. The van der Waals surface area contributed by atoms with Crippen LogP contribution in [0.5, 0.6) is 0 Å². The van der Waals surface area contributed by atoms with E-state index in [1.165, 1.54) is 25.2 Å². The number of carbonyl (C=O) groups is 3. The fraction of sp³-hybridized carbons (Fsp3) is 0.308. The number of carbonyl (C=O) groups excluding carboxylic acids is 3. The quantitative estimate of drug-likeness (QED) is 0.621. The molecule has 22 heavy (non-hydrogen) atoms. The monoisotopic (exact) mass is 346 g/mol. The molecule has 9 heteroatoms. The van der Waals surface area contributed by atoms with E-state index < -0.39 is 24.3 Å². The van der Waals surface area contributed by atoms with Crippen molar-refractivity contribution in [3.8, 4) is 0 Å². The predicted octanol–water partition coefficient (Wildman–Crippen LogP) is 2.89. The maximum atomic E-state index is 12.2. The van der Waals surface area contributed by atoms with Gasteiger partial charge in [-0.05, 0) is 25.1 Å². The molecule has 7 nitrogen and oxygen atoms in total. The van der Waals surface area contributed by atoms with E-state index in [4.69, 9.17) is 27.9 Å². The van der Waals surface area contributed by atoms with E-state index in [1.807, 2.05) is 0 Å². The smallest absolute Gasteiger partial charge is 0.435 e. The Morgan fingerprint density at radius 1 is 1.27 bits per heavy atom. The maximum absolute atomic E-state index is 12.2. The van der Waals surface area contributed by atoms with Gasteiger partial charge in [0.15, 0.2) is 0 Å². The molecule has 1 aliphatic heterocycles. The molecule has 0 spiro atoms. The van der Waals surface area contributed by atoms with Gasteiger partial charge in [0.25, 0.3) is 12.1 Å². The number of nitrogens with zero attached hydrogens (tertiary/aromatic N) is 2. The number of hydrogen-bond acceptors (Lipinski definition) is 5. The summed E-state index contributed by atoms with van der Waals surface area (Å²) in [7, 11) is 1.28. The van der Waals surface area contributed by atoms with Crippen LogP contribution < -0.4 is 4.90 Å². The van der Waals surface area contributed by atoms with Gasteiger partial charge >= 0.3 is 12.2 Å². The standard InChI is InChI=1S/C13H12Cl2N2O5/c1-3-21-13(20)22-11-10(18)16(2)12(19)17(11)7-4-5-8(14)9(15)6-7/h4-6,11H,3H2,1-2H3. The van der Waals surface area contributed by atoms with Crippen molar-refractivity contribution in [1.29, 1.82) is 0 Å². The molecule has 0 bridgehead atoms. The molecule has 0 N–H and O–H groups in total. The summed E-state index contributed by atoms with van der Waals surface area (Å²) in [4.78, 5) is 37.5. The van der Waals surface area contributed by atoms with Crippen LogP contribution in [0.1, 0.15) is 6.92 Å². The highest BCUT2D eigenvalue weighted by molar-refractivity contribution is 6.42. The predicted molar refractivity (Wildman–Crippen MR) is 79.0 cm³/mol. The first-order valence-corrected chi connectivity index (χ1v) is 7.01. The Morgan fingerprint density at radius 3 is 2.55 bits per heavy atom. The van der Waals surface area contributed by atoms with Crippen LogP contribution in [0.15, 0.2) is 18.2 Å². The van der Waals surface area contributed by atoms with Gasteiger partial charge in [0.05, 0.1) is 22.3 Å². The number of urea groups is 1. The zero-order chi connectivity index (χ0) is 16.4. The molecule has 2 rings (SSSR count). The molecule has 1 aliphatic rings. The summed E-state index contributed by atoms with van der Waals surface area (Å²) in [5.74, 6) is -0.691. The van der Waals surface area contributed by atoms with Gasteiger partial charge in [-0.1, -0.05) is 23.2 Å².